The molecule has 0 fully saturated rings. The molecule has 0 aliphatic heterocycles. The summed E-state index contributed by atoms with van der Waals surface area (Å²) in [5.41, 5.74) is 0.721. The lowest BCUT2D eigenvalue weighted by molar-refractivity contribution is -0.152. The van der Waals surface area contributed by atoms with Gasteiger partial charge in [0.1, 0.15) is 5.25 Å². The van der Waals surface area contributed by atoms with Gasteiger partial charge in [-0.3, -0.25) is 9.35 Å². The van der Waals surface area contributed by atoms with Crippen molar-refractivity contribution < 1.29 is 22.5 Å². The van der Waals surface area contributed by atoms with Crippen molar-refractivity contribution in [3.8, 4) is 0 Å². The van der Waals surface area contributed by atoms with E-state index in [1.165, 1.54) is 0 Å². The Labute approximate surface area is 124 Å². The molecule has 0 saturated heterocycles. The van der Waals surface area contributed by atoms with Crippen LogP contribution >= 0.6 is 0 Å². The van der Waals surface area contributed by atoms with Gasteiger partial charge in [-0.15, -0.1) is 0 Å². The molecule has 0 aromatic heterocycles. The van der Waals surface area contributed by atoms with E-state index in [1.54, 1.807) is 44.2 Å². The fraction of sp³-hybridized carbons (Fsp3) is 0.429. The standard InChI is InChI=1S/C14H19NO5S/c1-10(2)20-14(16)12(13(9-15)21(17,18)19)8-11-6-4-3-5-7-11/h3-7,9-10,12-13,15H,8H2,1-2H3,(H,17,18,19). The second-order valence-electron chi connectivity index (χ2n) is 4.93. The maximum Gasteiger partial charge on any atom is 0.311 e. The van der Waals surface area contributed by atoms with Crippen molar-refractivity contribution in [2.75, 3.05) is 0 Å². The molecule has 2 atom stereocenters. The van der Waals surface area contributed by atoms with Crippen LogP contribution in [0.5, 0.6) is 0 Å². The van der Waals surface area contributed by atoms with E-state index in [1.807, 2.05) is 0 Å². The quantitative estimate of drug-likeness (QED) is 0.453. The molecule has 7 heteroatoms. The summed E-state index contributed by atoms with van der Waals surface area (Å²) in [6, 6.07) is 8.78. The van der Waals surface area contributed by atoms with Crippen molar-refractivity contribution in [1.29, 1.82) is 5.41 Å². The van der Waals surface area contributed by atoms with E-state index in [0.29, 0.717) is 6.21 Å². The molecule has 0 aliphatic carbocycles. The van der Waals surface area contributed by atoms with E-state index in [2.05, 4.69) is 0 Å². The largest absolute Gasteiger partial charge is 0.463 e. The Hall–Kier alpha value is -1.73. The van der Waals surface area contributed by atoms with Crippen LogP contribution in [0.3, 0.4) is 0 Å². The zero-order valence-electron chi connectivity index (χ0n) is 11.9. The molecule has 116 valence electrons. The summed E-state index contributed by atoms with van der Waals surface area (Å²) in [6.45, 7) is 3.29. The van der Waals surface area contributed by atoms with E-state index < -0.39 is 33.4 Å². The van der Waals surface area contributed by atoms with Crippen LogP contribution in [0.15, 0.2) is 30.3 Å². The molecule has 1 aromatic rings. The Morgan fingerprint density at radius 2 is 1.90 bits per heavy atom. The Morgan fingerprint density at radius 1 is 1.33 bits per heavy atom. The molecule has 0 amide bonds. The SMILES string of the molecule is CC(C)OC(=O)C(Cc1ccccc1)C(C=N)S(=O)(=O)O. The molecule has 0 radical (unpaired) electrons. The van der Waals surface area contributed by atoms with Gasteiger partial charge in [-0.1, -0.05) is 30.3 Å². The molecule has 0 heterocycles. The second-order valence-corrected chi connectivity index (χ2v) is 6.50. The lowest BCUT2D eigenvalue weighted by Gasteiger charge is -2.21. The predicted molar refractivity (Wildman–Crippen MR) is 79.0 cm³/mol. The van der Waals surface area contributed by atoms with Crippen LogP contribution in [0.25, 0.3) is 0 Å². The van der Waals surface area contributed by atoms with Crippen LogP contribution in [0, 0.1) is 11.3 Å². The lowest BCUT2D eigenvalue weighted by Crippen LogP contribution is -2.39. The van der Waals surface area contributed by atoms with Gasteiger partial charge in [-0.05, 0) is 25.8 Å². The third-order valence-electron chi connectivity index (χ3n) is 2.86. The lowest BCUT2D eigenvalue weighted by atomic mass is 9.96. The van der Waals surface area contributed by atoms with Crippen molar-refractivity contribution in [2.45, 2.75) is 31.6 Å². The van der Waals surface area contributed by atoms with Crippen LogP contribution in [0.4, 0.5) is 0 Å². The molecule has 0 spiro atoms. The number of rotatable bonds is 7. The highest BCUT2D eigenvalue weighted by Crippen LogP contribution is 2.19. The first-order valence-corrected chi connectivity index (χ1v) is 7.97. The van der Waals surface area contributed by atoms with Crippen LogP contribution in [0.1, 0.15) is 19.4 Å². The summed E-state index contributed by atoms with van der Waals surface area (Å²) in [6.07, 6.45) is 0.208. The molecular weight excluding hydrogens is 294 g/mol. The minimum Gasteiger partial charge on any atom is -0.463 e. The highest BCUT2D eigenvalue weighted by atomic mass is 32.2. The first-order valence-electron chi connectivity index (χ1n) is 6.47. The molecule has 0 saturated carbocycles. The summed E-state index contributed by atoms with van der Waals surface area (Å²) >= 11 is 0. The summed E-state index contributed by atoms with van der Waals surface area (Å²) in [5.74, 6) is -1.91. The third-order valence-corrected chi connectivity index (χ3v) is 4.01. The minimum atomic E-state index is -4.56. The number of benzene rings is 1. The molecule has 1 rings (SSSR count). The van der Waals surface area contributed by atoms with Gasteiger partial charge in [0.2, 0.25) is 0 Å². The Kier molecular flexibility index (Phi) is 6.04. The smallest absolute Gasteiger partial charge is 0.311 e. The molecular formula is C14H19NO5S. The number of esters is 1. The van der Waals surface area contributed by atoms with Crippen molar-refractivity contribution in [1.82, 2.24) is 0 Å². The van der Waals surface area contributed by atoms with Crippen LogP contribution in [0.2, 0.25) is 0 Å². The number of carbonyl (C=O) groups is 1. The van der Waals surface area contributed by atoms with Gasteiger partial charge in [-0.25, -0.2) is 0 Å². The maximum atomic E-state index is 12.1. The average molecular weight is 313 g/mol. The first-order chi connectivity index (χ1) is 9.75. The molecule has 0 aliphatic rings. The number of carbonyl (C=O) groups excluding carboxylic acids is 1. The second kappa shape index (κ2) is 7.33. The zero-order valence-corrected chi connectivity index (χ0v) is 12.7. The monoisotopic (exact) mass is 313 g/mol. The highest BCUT2D eigenvalue weighted by molar-refractivity contribution is 7.87. The van der Waals surface area contributed by atoms with Gasteiger partial charge < -0.3 is 10.1 Å². The number of hydrogen-bond donors (Lipinski definition) is 2. The number of ether oxygens (including phenoxy) is 1. The number of nitrogens with one attached hydrogen (secondary N) is 1. The van der Waals surface area contributed by atoms with Crippen molar-refractivity contribution in [3.63, 3.8) is 0 Å². The molecule has 0 bridgehead atoms. The van der Waals surface area contributed by atoms with Crippen molar-refractivity contribution in [2.24, 2.45) is 5.92 Å². The molecule has 2 unspecified atom stereocenters. The Bertz CT molecular complexity index is 583. The van der Waals surface area contributed by atoms with E-state index in [4.69, 9.17) is 10.1 Å². The van der Waals surface area contributed by atoms with E-state index in [9.17, 15) is 17.8 Å². The summed E-state index contributed by atoms with van der Waals surface area (Å²) < 4.78 is 37.0. The van der Waals surface area contributed by atoms with E-state index in [-0.39, 0.29) is 6.42 Å². The highest BCUT2D eigenvalue weighted by Gasteiger charge is 2.37. The summed E-state index contributed by atoms with van der Waals surface area (Å²) in [5, 5.41) is 5.59. The van der Waals surface area contributed by atoms with Gasteiger partial charge in [0, 0.05) is 6.21 Å². The normalized spacial score (nSPS) is 14.5. The van der Waals surface area contributed by atoms with E-state index in [0.717, 1.165) is 5.56 Å². The third kappa shape index (κ3) is 5.28. The fourth-order valence-electron chi connectivity index (χ4n) is 1.93. The van der Waals surface area contributed by atoms with Crippen LogP contribution in [-0.2, 0) is 26.1 Å². The zero-order chi connectivity index (χ0) is 16.0. The summed E-state index contributed by atoms with van der Waals surface area (Å²) in [4.78, 5) is 12.1. The fourth-order valence-corrected chi connectivity index (χ4v) is 2.73. The molecule has 21 heavy (non-hydrogen) atoms. The molecule has 2 N–H and O–H groups in total. The maximum absolute atomic E-state index is 12.1. The van der Waals surface area contributed by atoms with Crippen molar-refractivity contribution >= 4 is 22.3 Å². The topological polar surface area (TPSA) is 105 Å². The minimum absolute atomic E-state index is 0.0617. The molecule has 1 aromatic carbocycles. The van der Waals surface area contributed by atoms with Crippen LogP contribution < -0.4 is 0 Å². The van der Waals surface area contributed by atoms with Gasteiger partial charge in [0.05, 0.1) is 12.0 Å². The predicted octanol–water partition coefficient (Wildman–Crippen LogP) is 1.70. The van der Waals surface area contributed by atoms with Gasteiger partial charge in [0.25, 0.3) is 10.1 Å². The Balaban J connectivity index is 3.10. The first kappa shape index (κ1) is 17.3. The van der Waals surface area contributed by atoms with Crippen LogP contribution in [-0.4, -0.2) is 36.5 Å². The van der Waals surface area contributed by atoms with Crippen molar-refractivity contribution in [3.05, 3.63) is 35.9 Å². The number of hydrogen-bond acceptors (Lipinski definition) is 5. The van der Waals surface area contributed by atoms with Gasteiger partial charge >= 0.3 is 5.97 Å². The Morgan fingerprint density at radius 3 is 2.33 bits per heavy atom. The van der Waals surface area contributed by atoms with Gasteiger partial charge in [-0.2, -0.15) is 8.42 Å². The van der Waals surface area contributed by atoms with Gasteiger partial charge in [0.15, 0.2) is 0 Å². The summed E-state index contributed by atoms with van der Waals surface area (Å²) in [7, 11) is -4.56. The van der Waals surface area contributed by atoms with E-state index >= 15 is 0 Å². The average Bonchev–Trinajstić information content (AvgIpc) is 2.37. The molecule has 6 nitrogen and oxygen atoms in total.